The molecule has 210 valence electrons. The van der Waals surface area contributed by atoms with E-state index < -0.39 is 11.0 Å². The van der Waals surface area contributed by atoms with Gasteiger partial charge in [-0.25, -0.2) is 4.57 Å². The minimum atomic E-state index is -0.682. The molecule has 0 radical (unpaired) electrons. The van der Waals surface area contributed by atoms with Crippen molar-refractivity contribution < 1.29 is 18.8 Å². The molecule has 5 aromatic rings. The number of fused-ring (bicyclic) bond motifs is 6. The summed E-state index contributed by atoms with van der Waals surface area (Å²) in [5.74, 6) is 0. The summed E-state index contributed by atoms with van der Waals surface area (Å²) in [6.45, 7) is 16.2. The van der Waals surface area contributed by atoms with Crippen molar-refractivity contribution in [2.45, 2.75) is 57.4 Å². The third-order valence-electron chi connectivity index (χ3n) is 9.52. The maximum Gasteiger partial charge on any atom is 0.288 e. The van der Waals surface area contributed by atoms with E-state index >= 15 is 0 Å². The number of aromatic nitrogens is 2. The fraction of sp³-hybridized carbons (Fsp3) is 0.333. The summed E-state index contributed by atoms with van der Waals surface area (Å²) in [6.07, 6.45) is 4.46. The first-order chi connectivity index (χ1) is 19.6. The molecule has 0 spiro atoms. The molecule has 1 aliphatic rings. The molecule has 2 unspecified atom stereocenters. The highest BCUT2D eigenvalue weighted by Gasteiger charge is 2.57. The Morgan fingerprint density at radius 1 is 1.00 bits per heavy atom. The van der Waals surface area contributed by atoms with Gasteiger partial charge in [-0.15, -0.1) is 0 Å². The maximum absolute atomic E-state index is 10.6. The summed E-state index contributed by atoms with van der Waals surface area (Å²) >= 11 is 0. The van der Waals surface area contributed by atoms with E-state index in [-0.39, 0.29) is 12.0 Å². The smallest absolute Gasteiger partial charge is 0.288 e. The molecule has 0 saturated carbocycles. The Morgan fingerprint density at radius 3 is 2.37 bits per heavy atom. The van der Waals surface area contributed by atoms with E-state index in [0.717, 1.165) is 39.9 Å². The van der Waals surface area contributed by atoms with Gasteiger partial charge in [0, 0.05) is 36.1 Å². The second kappa shape index (κ2) is 9.64. The van der Waals surface area contributed by atoms with E-state index in [4.69, 9.17) is 14.1 Å². The van der Waals surface area contributed by atoms with Crippen LogP contribution in [0.15, 0.2) is 89.8 Å². The van der Waals surface area contributed by atoms with Crippen molar-refractivity contribution in [3.05, 3.63) is 96.5 Å². The minimum absolute atomic E-state index is 0.0749. The van der Waals surface area contributed by atoms with Crippen LogP contribution >= 0.6 is 0 Å². The Kier molecular flexibility index (Phi) is 6.44. The van der Waals surface area contributed by atoms with Gasteiger partial charge in [-0.1, -0.05) is 76.7 Å². The zero-order chi connectivity index (χ0) is 29.2. The molecule has 2 aromatic heterocycles. The first-order valence-electron chi connectivity index (χ1n) is 14.3. The lowest BCUT2D eigenvalue weighted by molar-refractivity contribution is -0.757. The maximum atomic E-state index is 10.6. The van der Waals surface area contributed by atoms with Crippen LogP contribution in [0.5, 0.6) is 0 Å². The Labute approximate surface area is 242 Å². The minimum Gasteiger partial charge on any atom is -0.464 e. The van der Waals surface area contributed by atoms with Gasteiger partial charge in [0.15, 0.2) is 5.69 Å². The van der Waals surface area contributed by atoms with Crippen LogP contribution in [0.3, 0.4) is 0 Å². The average molecular weight is 548 g/mol. The normalized spacial score (nSPS) is 20.3. The first-order valence-corrected chi connectivity index (χ1v) is 14.3. The van der Waals surface area contributed by atoms with Gasteiger partial charge in [0.25, 0.3) is 6.33 Å². The lowest BCUT2D eigenvalue weighted by Crippen LogP contribution is -2.69. The molecule has 3 aromatic carbocycles. The third-order valence-corrected chi connectivity index (χ3v) is 9.52. The summed E-state index contributed by atoms with van der Waals surface area (Å²) in [6, 6.07) is 21.4. The number of para-hydroxylation sites is 1. The van der Waals surface area contributed by atoms with Crippen molar-refractivity contribution in [2.75, 3.05) is 20.3 Å². The van der Waals surface area contributed by atoms with Crippen molar-refractivity contribution in [1.29, 1.82) is 0 Å². The third kappa shape index (κ3) is 3.90. The van der Waals surface area contributed by atoms with Crippen LogP contribution in [0.25, 0.3) is 44.3 Å². The average Bonchev–Trinajstić information content (AvgIpc) is 3.41. The molecule has 0 amide bonds. The van der Waals surface area contributed by atoms with Crippen LogP contribution in [0.4, 0.5) is 0 Å². The zero-order valence-electron chi connectivity index (χ0n) is 24.9. The molecule has 0 aliphatic carbocycles. The molecule has 41 heavy (non-hydrogen) atoms. The molecule has 1 aliphatic heterocycles. The van der Waals surface area contributed by atoms with E-state index in [9.17, 15) is 5.11 Å². The molecule has 5 nitrogen and oxygen atoms in total. The van der Waals surface area contributed by atoms with E-state index in [1.54, 1.807) is 13.4 Å². The Balaban J connectivity index is 1.77. The van der Waals surface area contributed by atoms with E-state index in [1.165, 1.54) is 27.5 Å². The van der Waals surface area contributed by atoms with Gasteiger partial charge in [-0.3, -0.25) is 0 Å². The number of aliphatic hydroxyl groups excluding tert-OH is 1. The van der Waals surface area contributed by atoms with Crippen molar-refractivity contribution >= 4 is 21.7 Å². The van der Waals surface area contributed by atoms with E-state index in [0.29, 0.717) is 6.61 Å². The zero-order valence-corrected chi connectivity index (χ0v) is 24.9. The summed E-state index contributed by atoms with van der Waals surface area (Å²) in [4.78, 5) is 5.00. The molecular formula is C36H39N2O3+. The summed E-state index contributed by atoms with van der Waals surface area (Å²) in [5, 5.41) is 14.1. The monoisotopic (exact) mass is 547 g/mol. The predicted molar refractivity (Wildman–Crippen MR) is 165 cm³/mol. The predicted octanol–water partition coefficient (Wildman–Crippen LogP) is 7.47. The Bertz CT molecular complexity index is 1810. The summed E-state index contributed by atoms with van der Waals surface area (Å²) < 4.78 is 13.8. The van der Waals surface area contributed by atoms with Crippen LogP contribution in [-0.2, 0) is 21.1 Å². The first kappa shape index (κ1) is 27.4. The lowest BCUT2D eigenvalue weighted by Gasteiger charge is -2.50. The summed E-state index contributed by atoms with van der Waals surface area (Å²) in [7, 11) is 1.75. The molecule has 0 fully saturated rings. The topological polar surface area (TPSA) is 59.4 Å². The molecule has 0 saturated heterocycles. The molecule has 2 atom stereocenters. The van der Waals surface area contributed by atoms with Crippen LogP contribution < -0.4 is 4.57 Å². The number of nitrogens with zero attached hydrogens (tertiary/aromatic N) is 2. The number of methoxy groups -OCH3 is 1. The van der Waals surface area contributed by atoms with Crippen molar-refractivity contribution in [3.8, 4) is 22.5 Å². The second-order valence-corrected chi connectivity index (χ2v) is 12.7. The lowest BCUT2D eigenvalue weighted by atomic mass is 9.57. The molecule has 6 rings (SSSR count). The highest BCUT2D eigenvalue weighted by Crippen LogP contribution is 2.54. The highest BCUT2D eigenvalue weighted by atomic mass is 16.5. The van der Waals surface area contributed by atoms with Gasteiger partial charge in [-0.05, 0) is 63.3 Å². The SMILES string of the molecule is C=C(CO)C1(C)[n+]2cnc(-c3coc4ccccc34)cc2-c2cc(C(C)(C)C)c3ccccc3c2C1(C)CCOC. The molecule has 5 heteroatoms. The summed E-state index contributed by atoms with van der Waals surface area (Å²) in [5.41, 5.74) is 6.92. The fourth-order valence-corrected chi connectivity index (χ4v) is 7.00. The molecule has 0 bridgehead atoms. The Morgan fingerprint density at radius 2 is 1.68 bits per heavy atom. The van der Waals surface area contributed by atoms with Gasteiger partial charge in [0.05, 0.1) is 12.2 Å². The molecule has 3 heterocycles. The van der Waals surface area contributed by atoms with Gasteiger partial charge >= 0.3 is 0 Å². The van der Waals surface area contributed by atoms with Crippen LogP contribution in [0, 0.1) is 0 Å². The van der Waals surface area contributed by atoms with Crippen LogP contribution in [0.2, 0.25) is 0 Å². The van der Waals surface area contributed by atoms with E-state index in [2.05, 4.69) is 88.2 Å². The number of ether oxygens (including phenoxy) is 1. The number of furan rings is 1. The second-order valence-electron chi connectivity index (χ2n) is 12.7. The fourth-order valence-electron chi connectivity index (χ4n) is 7.00. The standard InChI is InChI=1S/C36H39N2O3/c1-23(20-39)36(6)35(5,16-17-40-7)33-26-14-9-8-12-24(26)29(34(2,3)4)18-27(33)31-19-30(37-22-38(31)36)28-21-41-32-15-11-10-13-25(28)32/h8-15,18-19,21-22,39H,1,16-17,20H2,2-7H3/q+1. The Hall–Kier alpha value is -3.80. The van der Waals surface area contributed by atoms with Crippen LogP contribution in [-0.4, -0.2) is 30.4 Å². The van der Waals surface area contributed by atoms with Crippen LogP contribution in [0.1, 0.15) is 52.2 Å². The van der Waals surface area contributed by atoms with Crippen molar-refractivity contribution in [3.63, 3.8) is 0 Å². The van der Waals surface area contributed by atoms with Crippen molar-refractivity contribution in [2.24, 2.45) is 0 Å². The van der Waals surface area contributed by atoms with Gasteiger partial charge in [0.2, 0.25) is 0 Å². The van der Waals surface area contributed by atoms with E-state index in [1.807, 2.05) is 24.5 Å². The largest absolute Gasteiger partial charge is 0.464 e. The number of benzene rings is 3. The number of rotatable bonds is 6. The van der Waals surface area contributed by atoms with Gasteiger partial charge in [0.1, 0.15) is 23.1 Å². The quantitative estimate of drug-likeness (QED) is 0.177. The van der Waals surface area contributed by atoms with Crippen molar-refractivity contribution in [1.82, 2.24) is 4.98 Å². The number of hydrogen-bond donors (Lipinski definition) is 1. The molecule has 1 N–H and O–H groups in total. The number of aliphatic hydroxyl groups is 1. The highest BCUT2D eigenvalue weighted by molar-refractivity contribution is 5.97. The number of hydrogen-bond acceptors (Lipinski definition) is 4. The van der Waals surface area contributed by atoms with Gasteiger partial charge < -0.3 is 14.3 Å². The van der Waals surface area contributed by atoms with Gasteiger partial charge in [-0.2, -0.15) is 0 Å². The molecular weight excluding hydrogens is 508 g/mol.